The molecule has 0 spiro atoms. The molecule has 0 saturated heterocycles. The zero-order valence-corrected chi connectivity index (χ0v) is 19.7. The van der Waals surface area contributed by atoms with Crippen LogP contribution in [-0.4, -0.2) is 39.7 Å². The Morgan fingerprint density at radius 3 is 2.29 bits per heavy atom. The Hall–Kier alpha value is -4.46. The third-order valence-electron chi connectivity index (χ3n) is 5.26. The van der Waals surface area contributed by atoms with Gasteiger partial charge in [0, 0.05) is 11.6 Å². The summed E-state index contributed by atoms with van der Waals surface area (Å²) < 4.78 is 32.8. The van der Waals surface area contributed by atoms with Crippen molar-refractivity contribution in [2.24, 2.45) is 0 Å². The van der Waals surface area contributed by atoms with Gasteiger partial charge in [0.15, 0.2) is 17.3 Å². The van der Waals surface area contributed by atoms with E-state index in [4.69, 9.17) is 28.4 Å². The minimum atomic E-state index is -0.644. The van der Waals surface area contributed by atoms with Crippen LogP contribution >= 0.6 is 0 Å². The number of hydrogen-bond donors (Lipinski definition) is 0. The molecule has 0 aliphatic carbocycles. The first-order valence-electron chi connectivity index (χ1n) is 10.8. The first-order valence-corrected chi connectivity index (χ1v) is 10.8. The van der Waals surface area contributed by atoms with Gasteiger partial charge in [0.25, 0.3) is 0 Å². The van der Waals surface area contributed by atoms with Crippen molar-refractivity contribution >= 4 is 17.8 Å². The summed E-state index contributed by atoms with van der Waals surface area (Å²) in [5, 5.41) is 0. The summed E-state index contributed by atoms with van der Waals surface area (Å²) >= 11 is 0. The van der Waals surface area contributed by atoms with Crippen LogP contribution in [0.2, 0.25) is 0 Å². The molecule has 0 aromatic heterocycles. The molecule has 35 heavy (non-hydrogen) atoms. The van der Waals surface area contributed by atoms with Crippen LogP contribution in [0.1, 0.15) is 33.2 Å². The molecule has 8 heteroatoms. The summed E-state index contributed by atoms with van der Waals surface area (Å²) in [4.78, 5) is 25.7. The molecule has 0 atom stereocenters. The van der Waals surface area contributed by atoms with E-state index in [1.165, 1.54) is 45.6 Å². The topological polar surface area (TPSA) is 89.5 Å². The Morgan fingerprint density at radius 1 is 0.914 bits per heavy atom. The number of allylic oxidation sites excluding steroid dienone is 1. The van der Waals surface area contributed by atoms with E-state index in [1.807, 2.05) is 31.2 Å². The molecule has 1 aliphatic heterocycles. The fraction of sp³-hybridized carbons (Fsp3) is 0.185. The van der Waals surface area contributed by atoms with Crippen molar-refractivity contribution in [3.05, 3.63) is 77.0 Å². The standard InChI is InChI=1S/C27H24O8/c1-5-33-20-9-7-6-8-16(20)12-22-25(28)19-11-10-18(15-21(19)35-22)34-27(29)17-13-23(30-2)26(32-4)24(14-17)31-3/h6-15H,5H2,1-4H3/b22-12-. The van der Waals surface area contributed by atoms with Crippen LogP contribution in [0.3, 0.4) is 0 Å². The van der Waals surface area contributed by atoms with Crippen LogP contribution in [0.4, 0.5) is 0 Å². The number of fused-ring (bicyclic) bond motifs is 1. The molecule has 1 aliphatic rings. The Kier molecular flexibility index (Phi) is 6.91. The highest BCUT2D eigenvalue weighted by atomic mass is 16.5. The number of carbonyl (C=O) groups is 2. The number of rotatable bonds is 8. The molecule has 0 saturated carbocycles. The van der Waals surface area contributed by atoms with E-state index in [9.17, 15) is 9.59 Å². The van der Waals surface area contributed by atoms with Crippen LogP contribution in [0.25, 0.3) is 6.08 Å². The SMILES string of the molecule is CCOc1ccccc1/C=C1\Oc2cc(OC(=O)c3cc(OC)c(OC)c(OC)c3)ccc2C1=O. The summed E-state index contributed by atoms with van der Waals surface area (Å²) in [5.74, 6) is 1.41. The molecule has 4 rings (SSSR count). The molecule has 1 heterocycles. The van der Waals surface area contributed by atoms with Gasteiger partial charge in [-0.05, 0) is 43.3 Å². The number of esters is 1. The number of ketones is 1. The van der Waals surface area contributed by atoms with E-state index < -0.39 is 5.97 Å². The van der Waals surface area contributed by atoms with Gasteiger partial charge in [-0.3, -0.25) is 4.79 Å². The van der Waals surface area contributed by atoms with E-state index >= 15 is 0 Å². The molecule has 180 valence electrons. The molecular weight excluding hydrogens is 452 g/mol. The van der Waals surface area contributed by atoms with Gasteiger partial charge in [0.05, 0.1) is 39.1 Å². The minimum Gasteiger partial charge on any atom is -0.493 e. The zero-order valence-electron chi connectivity index (χ0n) is 19.7. The quantitative estimate of drug-likeness (QED) is 0.256. The number of ether oxygens (including phenoxy) is 6. The Labute approximate surface area is 202 Å². The lowest BCUT2D eigenvalue weighted by atomic mass is 10.1. The summed E-state index contributed by atoms with van der Waals surface area (Å²) in [6.07, 6.45) is 1.63. The van der Waals surface area contributed by atoms with Crippen molar-refractivity contribution in [2.75, 3.05) is 27.9 Å². The van der Waals surface area contributed by atoms with Crippen molar-refractivity contribution in [2.45, 2.75) is 6.92 Å². The molecule has 0 amide bonds. The number of para-hydroxylation sites is 1. The summed E-state index contributed by atoms with van der Waals surface area (Å²) in [6, 6.07) is 14.9. The molecule has 0 N–H and O–H groups in total. The predicted molar refractivity (Wildman–Crippen MR) is 128 cm³/mol. The molecule has 3 aromatic carbocycles. The number of carbonyl (C=O) groups excluding carboxylic acids is 2. The van der Waals surface area contributed by atoms with Gasteiger partial charge in [0.2, 0.25) is 11.5 Å². The second kappa shape index (κ2) is 10.2. The molecule has 3 aromatic rings. The maximum atomic E-state index is 12.8. The molecular formula is C27H24O8. The summed E-state index contributed by atoms with van der Waals surface area (Å²) in [7, 11) is 4.39. The smallest absolute Gasteiger partial charge is 0.343 e. The van der Waals surface area contributed by atoms with Crippen molar-refractivity contribution in [1.29, 1.82) is 0 Å². The third kappa shape index (κ3) is 4.77. The van der Waals surface area contributed by atoms with Gasteiger partial charge in [-0.2, -0.15) is 0 Å². The molecule has 0 radical (unpaired) electrons. The monoisotopic (exact) mass is 476 g/mol. The van der Waals surface area contributed by atoms with E-state index in [0.717, 1.165) is 5.56 Å². The number of benzene rings is 3. The predicted octanol–water partition coefficient (Wildman–Crippen LogP) is 4.95. The number of hydrogen-bond acceptors (Lipinski definition) is 8. The molecule has 0 unspecified atom stereocenters. The van der Waals surface area contributed by atoms with E-state index in [-0.39, 0.29) is 22.9 Å². The van der Waals surface area contributed by atoms with Crippen molar-refractivity contribution in [1.82, 2.24) is 0 Å². The normalized spacial score (nSPS) is 13.1. The van der Waals surface area contributed by atoms with Gasteiger partial charge < -0.3 is 28.4 Å². The molecule has 0 bridgehead atoms. The average Bonchev–Trinajstić information content (AvgIpc) is 3.18. The Balaban J connectivity index is 1.57. The van der Waals surface area contributed by atoms with Gasteiger partial charge in [-0.1, -0.05) is 18.2 Å². The highest BCUT2D eigenvalue weighted by Crippen LogP contribution is 2.39. The number of methoxy groups -OCH3 is 3. The van der Waals surface area contributed by atoms with Gasteiger partial charge in [-0.15, -0.1) is 0 Å². The summed E-state index contributed by atoms with van der Waals surface area (Å²) in [5.41, 5.74) is 1.29. The van der Waals surface area contributed by atoms with E-state index in [2.05, 4.69) is 0 Å². The maximum Gasteiger partial charge on any atom is 0.343 e. The lowest BCUT2D eigenvalue weighted by Crippen LogP contribution is -2.09. The van der Waals surface area contributed by atoms with Crippen LogP contribution in [-0.2, 0) is 0 Å². The molecule has 0 fully saturated rings. The van der Waals surface area contributed by atoms with Gasteiger partial charge in [0.1, 0.15) is 17.2 Å². The van der Waals surface area contributed by atoms with Crippen LogP contribution in [0, 0.1) is 0 Å². The Bertz CT molecular complexity index is 1280. The molecule has 8 nitrogen and oxygen atoms in total. The lowest BCUT2D eigenvalue weighted by Gasteiger charge is -2.13. The van der Waals surface area contributed by atoms with E-state index in [1.54, 1.807) is 12.1 Å². The van der Waals surface area contributed by atoms with Gasteiger partial charge in [-0.25, -0.2) is 4.79 Å². The van der Waals surface area contributed by atoms with Crippen molar-refractivity contribution in [3.8, 4) is 34.5 Å². The average molecular weight is 476 g/mol. The fourth-order valence-electron chi connectivity index (χ4n) is 3.62. The van der Waals surface area contributed by atoms with Crippen LogP contribution in [0.5, 0.6) is 34.5 Å². The largest absolute Gasteiger partial charge is 0.493 e. The number of Topliss-reactive ketones (excluding diaryl/α,β-unsaturated/α-hetero) is 1. The first kappa shape index (κ1) is 23.7. The Morgan fingerprint density at radius 2 is 1.63 bits per heavy atom. The van der Waals surface area contributed by atoms with Crippen LogP contribution < -0.4 is 28.4 Å². The zero-order chi connectivity index (χ0) is 24.9. The van der Waals surface area contributed by atoms with Crippen molar-refractivity contribution < 1.29 is 38.0 Å². The van der Waals surface area contributed by atoms with E-state index in [0.29, 0.717) is 40.9 Å². The maximum absolute atomic E-state index is 12.8. The fourth-order valence-corrected chi connectivity index (χ4v) is 3.62. The lowest BCUT2D eigenvalue weighted by molar-refractivity contribution is 0.0733. The highest BCUT2D eigenvalue weighted by Gasteiger charge is 2.28. The van der Waals surface area contributed by atoms with Crippen molar-refractivity contribution in [3.63, 3.8) is 0 Å². The second-order valence-corrected chi connectivity index (χ2v) is 7.37. The van der Waals surface area contributed by atoms with Crippen LogP contribution in [0.15, 0.2) is 60.4 Å². The third-order valence-corrected chi connectivity index (χ3v) is 5.26. The summed E-state index contributed by atoms with van der Waals surface area (Å²) in [6.45, 7) is 2.38. The highest BCUT2D eigenvalue weighted by molar-refractivity contribution is 6.14. The first-order chi connectivity index (χ1) is 17.0. The second-order valence-electron chi connectivity index (χ2n) is 7.37. The minimum absolute atomic E-state index is 0.153. The van der Waals surface area contributed by atoms with Gasteiger partial charge >= 0.3 is 5.97 Å².